The van der Waals surface area contributed by atoms with Crippen LogP contribution in [-0.2, 0) is 0 Å². The Kier molecular flexibility index (Phi) is 2.29. The number of aliphatic hydroxyl groups excluding tert-OH is 1. The summed E-state index contributed by atoms with van der Waals surface area (Å²) >= 11 is 0. The normalized spacial score (nSPS) is 26.6. The molecule has 2 fully saturated rings. The van der Waals surface area contributed by atoms with Gasteiger partial charge in [-0.05, 0) is 31.6 Å². The molecule has 6 nitrogen and oxygen atoms in total. The first-order valence-corrected chi connectivity index (χ1v) is 6.87. The largest absolute Gasteiger partial charge is 0.396 e. The van der Waals surface area contributed by atoms with Gasteiger partial charge in [0.25, 0.3) is 0 Å². The maximum Gasteiger partial charge on any atom is 0.179 e. The molecule has 0 aromatic carbocycles. The van der Waals surface area contributed by atoms with E-state index in [9.17, 15) is 0 Å². The van der Waals surface area contributed by atoms with Crippen LogP contribution < -0.4 is 5.73 Å². The van der Waals surface area contributed by atoms with Gasteiger partial charge in [-0.1, -0.05) is 0 Å². The molecule has 0 amide bonds. The molecule has 0 saturated heterocycles. The number of hydrogen-bond acceptors (Lipinski definition) is 5. The van der Waals surface area contributed by atoms with Crippen molar-refractivity contribution in [1.29, 1.82) is 0 Å². The smallest absolute Gasteiger partial charge is 0.179 e. The summed E-state index contributed by atoms with van der Waals surface area (Å²) in [6, 6.07) is 0.306. The van der Waals surface area contributed by atoms with Crippen LogP contribution in [-0.4, -0.2) is 31.5 Å². The highest BCUT2D eigenvalue weighted by atomic mass is 16.3. The first-order chi connectivity index (χ1) is 9.26. The van der Waals surface area contributed by atoms with Crippen molar-refractivity contribution in [3.8, 4) is 0 Å². The Balaban J connectivity index is 1.75. The van der Waals surface area contributed by atoms with E-state index in [0.29, 0.717) is 29.2 Å². The van der Waals surface area contributed by atoms with Crippen molar-refractivity contribution >= 4 is 17.0 Å². The average molecular weight is 259 g/mol. The van der Waals surface area contributed by atoms with E-state index in [1.54, 1.807) is 0 Å². The van der Waals surface area contributed by atoms with E-state index in [1.807, 2.05) is 10.9 Å². The number of hydrogen-bond donors (Lipinski definition) is 2. The number of fused-ring (bicyclic) bond motifs is 1. The molecule has 0 radical (unpaired) electrons. The van der Waals surface area contributed by atoms with Crippen molar-refractivity contribution in [2.24, 2.45) is 5.92 Å². The lowest BCUT2D eigenvalue weighted by atomic mass is 9.81. The third-order valence-electron chi connectivity index (χ3n) is 4.26. The lowest BCUT2D eigenvalue weighted by Gasteiger charge is -2.34. The number of aliphatic hydroxyl groups is 1. The van der Waals surface area contributed by atoms with Gasteiger partial charge in [-0.25, -0.2) is 14.6 Å². The Hall–Kier alpha value is -1.69. The highest BCUT2D eigenvalue weighted by molar-refractivity contribution is 5.82. The van der Waals surface area contributed by atoms with Gasteiger partial charge in [0.05, 0.1) is 11.7 Å². The summed E-state index contributed by atoms with van der Waals surface area (Å²) in [5.41, 5.74) is 8.49. The van der Waals surface area contributed by atoms with E-state index < -0.39 is 0 Å². The highest BCUT2D eigenvalue weighted by Gasteiger charge is 2.33. The molecular weight excluding hydrogens is 242 g/mol. The molecule has 2 aliphatic rings. The van der Waals surface area contributed by atoms with Crippen LogP contribution in [0.2, 0.25) is 0 Å². The van der Waals surface area contributed by atoms with Crippen LogP contribution in [0.25, 0.3) is 11.2 Å². The monoisotopic (exact) mass is 259 g/mol. The van der Waals surface area contributed by atoms with E-state index in [0.717, 1.165) is 24.2 Å². The van der Waals surface area contributed by atoms with Crippen molar-refractivity contribution < 1.29 is 5.11 Å². The van der Waals surface area contributed by atoms with Crippen molar-refractivity contribution in [3.05, 3.63) is 11.9 Å². The highest BCUT2D eigenvalue weighted by Crippen LogP contribution is 2.41. The van der Waals surface area contributed by atoms with Crippen LogP contribution >= 0.6 is 0 Å². The molecule has 0 bridgehead atoms. The summed E-state index contributed by atoms with van der Waals surface area (Å²) in [5.74, 6) is 1.43. The maximum atomic E-state index is 9.11. The van der Waals surface area contributed by atoms with Gasteiger partial charge in [-0.15, -0.1) is 0 Å². The standard InChI is InChI=1S/C13H17N5O/c14-12-11-13(16-10(5-15-11)8-1-2-8)18(17-12)9-3-7(4-9)6-19/h5,7-9,19H,1-4,6H2,(H2,14,17). The molecule has 4 rings (SSSR count). The molecule has 2 aromatic rings. The third kappa shape index (κ3) is 1.70. The molecule has 19 heavy (non-hydrogen) atoms. The number of nitrogen functional groups attached to an aromatic ring is 1. The molecule has 100 valence electrons. The van der Waals surface area contributed by atoms with E-state index >= 15 is 0 Å². The van der Waals surface area contributed by atoms with Gasteiger partial charge in [-0.3, -0.25) is 0 Å². The van der Waals surface area contributed by atoms with Crippen LogP contribution in [0.5, 0.6) is 0 Å². The molecule has 6 heteroatoms. The summed E-state index contributed by atoms with van der Waals surface area (Å²) in [7, 11) is 0. The van der Waals surface area contributed by atoms with E-state index in [-0.39, 0.29) is 6.61 Å². The lowest BCUT2D eigenvalue weighted by Crippen LogP contribution is -2.30. The molecule has 2 aromatic heterocycles. The minimum absolute atomic E-state index is 0.254. The van der Waals surface area contributed by atoms with Gasteiger partial charge in [0.2, 0.25) is 0 Å². The van der Waals surface area contributed by atoms with E-state index in [1.165, 1.54) is 12.8 Å². The zero-order valence-corrected chi connectivity index (χ0v) is 10.7. The van der Waals surface area contributed by atoms with E-state index in [4.69, 9.17) is 15.8 Å². The number of nitrogens with zero attached hydrogens (tertiary/aromatic N) is 4. The predicted octanol–water partition coefficient (Wildman–Crippen LogP) is 1.23. The zero-order chi connectivity index (χ0) is 13.0. The molecule has 3 N–H and O–H groups in total. The minimum atomic E-state index is 0.254. The molecule has 2 saturated carbocycles. The van der Waals surface area contributed by atoms with Crippen molar-refractivity contribution in [1.82, 2.24) is 19.7 Å². The van der Waals surface area contributed by atoms with Crippen LogP contribution in [0.15, 0.2) is 6.20 Å². The van der Waals surface area contributed by atoms with Gasteiger partial charge in [-0.2, -0.15) is 5.10 Å². The SMILES string of the molecule is Nc1nn(C2CC(CO)C2)c2nc(C3CC3)cnc12. The third-order valence-corrected chi connectivity index (χ3v) is 4.26. The second kappa shape index (κ2) is 3.90. The number of rotatable bonds is 3. The Labute approximate surface area is 110 Å². The maximum absolute atomic E-state index is 9.11. The van der Waals surface area contributed by atoms with Gasteiger partial charge in [0, 0.05) is 18.7 Å². The Morgan fingerprint density at radius 1 is 1.37 bits per heavy atom. The van der Waals surface area contributed by atoms with Gasteiger partial charge in [0.1, 0.15) is 0 Å². The summed E-state index contributed by atoms with van der Waals surface area (Å²) < 4.78 is 1.91. The van der Waals surface area contributed by atoms with Crippen LogP contribution in [0, 0.1) is 5.92 Å². The second-order valence-electron chi connectivity index (χ2n) is 5.74. The van der Waals surface area contributed by atoms with Crippen molar-refractivity contribution in [2.45, 2.75) is 37.6 Å². The Morgan fingerprint density at radius 2 is 2.16 bits per heavy atom. The van der Waals surface area contributed by atoms with E-state index in [2.05, 4.69) is 10.1 Å². The molecule has 0 aliphatic heterocycles. The Bertz CT molecular complexity index is 627. The molecule has 0 spiro atoms. The van der Waals surface area contributed by atoms with Crippen LogP contribution in [0.1, 0.15) is 43.3 Å². The predicted molar refractivity (Wildman–Crippen MR) is 70.6 cm³/mol. The lowest BCUT2D eigenvalue weighted by molar-refractivity contribution is 0.108. The van der Waals surface area contributed by atoms with Crippen molar-refractivity contribution in [3.63, 3.8) is 0 Å². The molecule has 0 atom stereocenters. The zero-order valence-electron chi connectivity index (χ0n) is 10.7. The number of anilines is 1. The second-order valence-corrected chi connectivity index (χ2v) is 5.74. The first-order valence-electron chi connectivity index (χ1n) is 6.87. The molecule has 2 heterocycles. The fourth-order valence-electron chi connectivity index (χ4n) is 2.82. The van der Waals surface area contributed by atoms with Crippen LogP contribution in [0.4, 0.5) is 5.82 Å². The number of aromatic nitrogens is 4. The first kappa shape index (κ1) is 11.2. The summed E-state index contributed by atoms with van der Waals surface area (Å²) in [6.45, 7) is 0.254. The molecular formula is C13H17N5O. The molecule has 0 unspecified atom stereocenters. The number of nitrogens with two attached hydrogens (primary N) is 1. The topological polar surface area (TPSA) is 89.8 Å². The molecule has 2 aliphatic carbocycles. The van der Waals surface area contributed by atoms with Crippen molar-refractivity contribution in [2.75, 3.05) is 12.3 Å². The summed E-state index contributed by atoms with van der Waals surface area (Å²) in [5, 5.41) is 13.5. The Morgan fingerprint density at radius 3 is 2.84 bits per heavy atom. The van der Waals surface area contributed by atoms with Gasteiger partial charge < -0.3 is 10.8 Å². The quantitative estimate of drug-likeness (QED) is 0.865. The van der Waals surface area contributed by atoms with Crippen LogP contribution in [0.3, 0.4) is 0 Å². The van der Waals surface area contributed by atoms with Gasteiger partial charge >= 0.3 is 0 Å². The summed E-state index contributed by atoms with van der Waals surface area (Å²) in [4.78, 5) is 9.13. The minimum Gasteiger partial charge on any atom is -0.396 e. The average Bonchev–Trinajstić information content (AvgIpc) is 3.15. The van der Waals surface area contributed by atoms with Gasteiger partial charge in [0.15, 0.2) is 17.0 Å². The fourth-order valence-corrected chi connectivity index (χ4v) is 2.82. The fraction of sp³-hybridized carbons (Fsp3) is 0.615. The summed E-state index contributed by atoms with van der Waals surface area (Å²) in [6.07, 6.45) is 6.14.